The van der Waals surface area contributed by atoms with E-state index in [-0.39, 0.29) is 6.10 Å². The highest BCUT2D eigenvalue weighted by Crippen LogP contribution is 2.29. The number of piperidine rings is 1. The third-order valence-corrected chi connectivity index (χ3v) is 6.29. The van der Waals surface area contributed by atoms with Gasteiger partial charge in [-0.1, -0.05) is 23.8 Å². The molecule has 0 spiro atoms. The van der Waals surface area contributed by atoms with Crippen molar-refractivity contribution in [2.75, 3.05) is 26.2 Å². The fraction of sp³-hybridized carbons (Fsp3) is 0.727. The molecule has 3 heteroatoms. The van der Waals surface area contributed by atoms with E-state index in [1.165, 1.54) is 48.9 Å². The minimum atomic E-state index is -0.0462. The van der Waals surface area contributed by atoms with Gasteiger partial charge in [-0.05, 0) is 81.9 Å². The SMILES string of the molecule is Cc1ccc(C)c(CNCC2CCC(CN3CCC(O)CC3)CC2)c1. The summed E-state index contributed by atoms with van der Waals surface area (Å²) >= 11 is 0. The van der Waals surface area contributed by atoms with Gasteiger partial charge in [0, 0.05) is 26.2 Å². The van der Waals surface area contributed by atoms with E-state index >= 15 is 0 Å². The second kappa shape index (κ2) is 9.16. The summed E-state index contributed by atoms with van der Waals surface area (Å²) in [5.41, 5.74) is 4.20. The molecule has 140 valence electrons. The molecule has 1 heterocycles. The molecule has 0 unspecified atom stereocenters. The molecule has 3 nitrogen and oxygen atoms in total. The molecular weight excluding hydrogens is 308 g/mol. The van der Waals surface area contributed by atoms with E-state index in [0.29, 0.717) is 0 Å². The van der Waals surface area contributed by atoms with Crippen LogP contribution in [0.2, 0.25) is 0 Å². The van der Waals surface area contributed by atoms with E-state index in [1.807, 2.05) is 0 Å². The second-order valence-electron chi connectivity index (χ2n) is 8.48. The quantitative estimate of drug-likeness (QED) is 0.827. The van der Waals surface area contributed by atoms with Crippen molar-refractivity contribution in [1.82, 2.24) is 10.2 Å². The summed E-state index contributed by atoms with van der Waals surface area (Å²) in [4.78, 5) is 2.58. The largest absolute Gasteiger partial charge is 0.393 e. The zero-order valence-electron chi connectivity index (χ0n) is 16.1. The van der Waals surface area contributed by atoms with E-state index in [1.54, 1.807) is 0 Å². The Morgan fingerprint density at radius 3 is 2.40 bits per heavy atom. The van der Waals surface area contributed by atoms with Crippen molar-refractivity contribution in [3.05, 3.63) is 34.9 Å². The maximum atomic E-state index is 9.63. The molecule has 25 heavy (non-hydrogen) atoms. The van der Waals surface area contributed by atoms with Crippen molar-refractivity contribution in [3.8, 4) is 0 Å². The van der Waals surface area contributed by atoms with Crippen LogP contribution in [0.15, 0.2) is 18.2 Å². The van der Waals surface area contributed by atoms with Crippen LogP contribution in [0.4, 0.5) is 0 Å². The maximum Gasteiger partial charge on any atom is 0.0564 e. The first kappa shape index (κ1) is 18.9. The van der Waals surface area contributed by atoms with Gasteiger partial charge in [0.25, 0.3) is 0 Å². The predicted octanol–water partition coefficient (Wildman–Crippen LogP) is 3.66. The summed E-state index contributed by atoms with van der Waals surface area (Å²) in [6.07, 6.45) is 7.41. The van der Waals surface area contributed by atoms with Gasteiger partial charge in [-0.15, -0.1) is 0 Å². The Morgan fingerprint density at radius 1 is 1.00 bits per heavy atom. The Hall–Kier alpha value is -0.900. The summed E-state index contributed by atoms with van der Waals surface area (Å²) < 4.78 is 0. The molecule has 2 aliphatic rings. The summed E-state index contributed by atoms with van der Waals surface area (Å²) in [7, 11) is 0. The van der Waals surface area contributed by atoms with Gasteiger partial charge in [-0.3, -0.25) is 0 Å². The van der Waals surface area contributed by atoms with Crippen molar-refractivity contribution in [2.45, 2.75) is 65.0 Å². The number of nitrogens with zero attached hydrogens (tertiary/aromatic N) is 1. The lowest BCUT2D eigenvalue weighted by atomic mass is 9.81. The van der Waals surface area contributed by atoms with Crippen molar-refractivity contribution in [2.24, 2.45) is 11.8 Å². The lowest BCUT2D eigenvalue weighted by Crippen LogP contribution is -2.39. The van der Waals surface area contributed by atoms with Gasteiger partial charge in [0.2, 0.25) is 0 Å². The maximum absolute atomic E-state index is 9.63. The zero-order chi connectivity index (χ0) is 17.6. The van der Waals surface area contributed by atoms with Crippen LogP contribution in [0.3, 0.4) is 0 Å². The molecule has 1 aliphatic heterocycles. The lowest BCUT2D eigenvalue weighted by Gasteiger charge is -2.35. The third-order valence-electron chi connectivity index (χ3n) is 6.29. The summed E-state index contributed by atoms with van der Waals surface area (Å²) in [6, 6.07) is 6.75. The fourth-order valence-corrected chi connectivity index (χ4v) is 4.49. The first-order valence-corrected chi connectivity index (χ1v) is 10.3. The van der Waals surface area contributed by atoms with E-state index in [2.05, 4.69) is 42.3 Å². The van der Waals surface area contributed by atoms with Crippen molar-refractivity contribution in [3.63, 3.8) is 0 Å². The van der Waals surface area contributed by atoms with Crippen molar-refractivity contribution < 1.29 is 5.11 Å². The molecule has 0 amide bonds. The van der Waals surface area contributed by atoms with Gasteiger partial charge in [0.1, 0.15) is 0 Å². The van der Waals surface area contributed by atoms with Crippen molar-refractivity contribution >= 4 is 0 Å². The van der Waals surface area contributed by atoms with Crippen LogP contribution in [0.5, 0.6) is 0 Å². The van der Waals surface area contributed by atoms with Gasteiger partial charge < -0.3 is 15.3 Å². The molecule has 0 aromatic heterocycles. The molecule has 0 radical (unpaired) electrons. The van der Waals surface area contributed by atoms with Crippen LogP contribution in [-0.4, -0.2) is 42.3 Å². The molecule has 1 aromatic carbocycles. The van der Waals surface area contributed by atoms with Crippen LogP contribution in [0.25, 0.3) is 0 Å². The van der Waals surface area contributed by atoms with Crippen molar-refractivity contribution in [1.29, 1.82) is 0 Å². The molecular formula is C22H36N2O. The minimum absolute atomic E-state index is 0.0462. The zero-order valence-corrected chi connectivity index (χ0v) is 16.1. The number of rotatable bonds is 6. The van der Waals surface area contributed by atoms with Gasteiger partial charge in [-0.2, -0.15) is 0 Å². The van der Waals surface area contributed by atoms with E-state index in [4.69, 9.17) is 0 Å². The highest BCUT2D eigenvalue weighted by Gasteiger charge is 2.24. The van der Waals surface area contributed by atoms with Crippen LogP contribution in [0.1, 0.15) is 55.2 Å². The molecule has 0 atom stereocenters. The normalized spacial score (nSPS) is 26.0. The second-order valence-corrected chi connectivity index (χ2v) is 8.48. The molecule has 1 saturated carbocycles. The Balaban J connectivity index is 1.33. The van der Waals surface area contributed by atoms with E-state index < -0.39 is 0 Å². The topological polar surface area (TPSA) is 35.5 Å². The standard InChI is InChI=1S/C22H36N2O/c1-17-3-4-18(2)21(13-17)15-23-14-19-5-7-20(8-6-19)16-24-11-9-22(25)10-12-24/h3-4,13,19-20,22-23,25H,5-12,14-16H2,1-2H3. The Labute approximate surface area is 153 Å². The van der Waals surface area contributed by atoms with Gasteiger partial charge >= 0.3 is 0 Å². The van der Waals surface area contributed by atoms with Crippen LogP contribution in [0, 0.1) is 25.7 Å². The number of aryl methyl sites for hydroxylation is 2. The average molecular weight is 345 g/mol. The summed E-state index contributed by atoms with van der Waals surface area (Å²) in [5.74, 6) is 1.73. The number of aliphatic hydroxyl groups excluding tert-OH is 1. The van der Waals surface area contributed by atoms with Crippen LogP contribution >= 0.6 is 0 Å². The van der Waals surface area contributed by atoms with Gasteiger partial charge in [-0.25, -0.2) is 0 Å². The first-order valence-electron chi connectivity index (χ1n) is 10.3. The Kier molecular flexibility index (Phi) is 6.92. The van der Waals surface area contributed by atoms with Gasteiger partial charge in [0.15, 0.2) is 0 Å². The minimum Gasteiger partial charge on any atom is -0.393 e. The number of benzene rings is 1. The number of aliphatic hydroxyl groups is 1. The molecule has 3 rings (SSSR count). The highest BCUT2D eigenvalue weighted by molar-refractivity contribution is 5.30. The molecule has 0 bridgehead atoms. The predicted molar refractivity (Wildman–Crippen MR) is 105 cm³/mol. The smallest absolute Gasteiger partial charge is 0.0564 e. The Bertz CT molecular complexity index is 529. The number of hydrogen-bond donors (Lipinski definition) is 2. The molecule has 2 N–H and O–H groups in total. The van der Waals surface area contributed by atoms with E-state index in [0.717, 1.165) is 50.9 Å². The monoisotopic (exact) mass is 344 g/mol. The molecule has 2 fully saturated rings. The van der Waals surface area contributed by atoms with Gasteiger partial charge in [0.05, 0.1) is 6.10 Å². The van der Waals surface area contributed by atoms with Crippen LogP contribution < -0.4 is 5.32 Å². The summed E-state index contributed by atoms with van der Waals surface area (Å²) in [5, 5.41) is 13.3. The highest BCUT2D eigenvalue weighted by atomic mass is 16.3. The average Bonchev–Trinajstić information content (AvgIpc) is 2.61. The fourth-order valence-electron chi connectivity index (χ4n) is 4.49. The first-order chi connectivity index (χ1) is 12.1. The number of hydrogen-bond acceptors (Lipinski definition) is 3. The Morgan fingerprint density at radius 2 is 1.68 bits per heavy atom. The lowest BCUT2D eigenvalue weighted by molar-refractivity contribution is 0.0687. The number of likely N-dealkylation sites (tertiary alicyclic amines) is 1. The molecule has 1 saturated heterocycles. The molecule has 1 aliphatic carbocycles. The number of nitrogens with one attached hydrogen (secondary N) is 1. The third kappa shape index (κ3) is 5.80. The molecule has 1 aromatic rings. The summed E-state index contributed by atoms with van der Waals surface area (Å²) in [6.45, 7) is 10.0. The van der Waals surface area contributed by atoms with E-state index in [9.17, 15) is 5.11 Å². The van der Waals surface area contributed by atoms with Crippen LogP contribution in [-0.2, 0) is 6.54 Å².